The molecule has 1 saturated heterocycles. The van der Waals surface area contributed by atoms with E-state index in [2.05, 4.69) is 9.82 Å². The topological polar surface area (TPSA) is 84.3 Å². The second-order valence-corrected chi connectivity index (χ2v) is 8.44. The zero-order valence-electron chi connectivity index (χ0n) is 14.1. The Kier molecular flexibility index (Phi) is 3.69. The van der Waals surface area contributed by atoms with Crippen molar-refractivity contribution in [3.8, 4) is 0 Å². The molecule has 0 bridgehead atoms. The number of hydrogen-bond acceptors (Lipinski definition) is 4. The van der Waals surface area contributed by atoms with E-state index >= 15 is 0 Å². The number of rotatable bonds is 2. The van der Waals surface area contributed by atoms with Crippen LogP contribution in [0.4, 0.5) is 0 Å². The van der Waals surface area contributed by atoms with Gasteiger partial charge in [0, 0.05) is 18.8 Å². The molecule has 132 valence electrons. The minimum absolute atomic E-state index is 0.158. The van der Waals surface area contributed by atoms with E-state index in [0.717, 1.165) is 11.4 Å². The van der Waals surface area contributed by atoms with Crippen LogP contribution < -0.4 is 4.72 Å². The second kappa shape index (κ2) is 5.67. The molecule has 0 aliphatic carbocycles. The van der Waals surface area contributed by atoms with Crippen LogP contribution in [0.3, 0.4) is 0 Å². The molecule has 1 unspecified atom stereocenters. The van der Waals surface area contributed by atoms with Crippen molar-refractivity contribution in [2.24, 2.45) is 0 Å². The van der Waals surface area contributed by atoms with Crippen LogP contribution in [-0.4, -0.2) is 48.1 Å². The predicted octanol–water partition coefficient (Wildman–Crippen LogP) is 0.786. The number of benzene rings is 1. The average molecular weight is 360 g/mol. The van der Waals surface area contributed by atoms with E-state index in [1.54, 1.807) is 29.2 Å². The van der Waals surface area contributed by atoms with Gasteiger partial charge in [0.05, 0.1) is 16.6 Å². The molecular formula is C17H20N4O3S. The molecule has 25 heavy (non-hydrogen) atoms. The zero-order valence-corrected chi connectivity index (χ0v) is 15.0. The van der Waals surface area contributed by atoms with Gasteiger partial charge in [0.1, 0.15) is 6.04 Å². The Morgan fingerprint density at radius 1 is 1.24 bits per heavy atom. The van der Waals surface area contributed by atoms with Crippen molar-refractivity contribution in [1.29, 1.82) is 0 Å². The Morgan fingerprint density at radius 3 is 2.64 bits per heavy atom. The Bertz CT molecular complexity index is 945. The maximum absolute atomic E-state index is 12.7. The highest BCUT2D eigenvalue weighted by atomic mass is 32.2. The molecule has 0 saturated carbocycles. The molecule has 1 atom stereocenters. The van der Waals surface area contributed by atoms with Crippen molar-refractivity contribution >= 4 is 15.9 Å². The molecule has 1 amide bonds. The third-order valence-corrected chi connectivity index (χ3v) is 6.42. The highest BCUT2D eigenvalue weighted by molar-refractivity contribution is 7.89. The first-order chi connectivity index (χ1) is 11.8. The quantitative estimate of drug-likeness (QED) is 0.858. The summed E-state index contributed by atoms with van der Waals surface area (Å²) in [6, 6.07) is 8.25. The average Bonchev–Trinajstić information content (AvgIpc) is 2.83. The summed E-state index contributed by atoms with van der Waals surface area (Å²) >= 11 is 0. The number of carbonyl (C=O) groups excluding carboxylic acids is 1. The van der Waals surface area contributed by atoms with Crippen LogP contribution in [-0.2, 0) is 21.2 Å². The van der Waals surface area contributed by atoms with Crippen LogP contribution in [0.2, 0.25) is 0 Å². The number of carbonyl (C=O) groups is 1. The van der Waals surface area contributed by atoms with Crippen molar-refractivity contribution in [3.05, 3.63) is 47.3 Å². The molecular weight excluding hydrogens is 340 g/mol. The van der Waals surface area contributed by atoms with Gasteiger partial charge < -0.3 is 4.90 Å². The molecule has 0 radical (unpaired) electrons. The van der Waals surface area contributed by atoms with E-state index in [4.69, 9.17) is 0 Å². The summed E-state index contributed by atoms with van der Waals surface area (Å²) in [6.07, 6.45) is 0.384. The third-order valence-electron chi connectivity index (χ3n) is 4.85. The molecule has 3 heterocycles. The molecule has 2 aliphatic heterocycles. The minimum atomic E-state index is -3.64. The number of aryl methyl sites for hydroxylation is 2. The molecule has 1 N–H and O–H groups in total. The van der Waals surface area contributed by atoms with Gasteiger partial charge in [-0.3, -0.25) is 9.48 Å². The first kappa shape index (κ1) is 16.3. The number of aromatic nitrogens is 2. The fourth-order valence-electron chi connectivity index (χ4n) is 3.61. The lowest BCUT2D eigenvalue weighted by Crippen LogP contribution is -2.59. The van der Waals surface area contributed by atoms with Crippen LogP contribution in [0.1, 0.15) is 23.0 Å². The monoisotopic (exact) mass is 360 g/mol. The normalized spacial score (nSPS) is 22.3. The largest absolute Gasteiger partial charge is 0.337 e. The summed E-state index contributed by atoms with van der Waals surface area (Å²) in [5.41, 5.74) is 2.72. The fraction of sp³-hybridized carbons (Fsp3) is 0.412. The molecule has 4 rings (SSSR count). The lowest BCUT2D eigenvalue weighted by atomic mass is 10.0. The summed E-state index contributed by atoms with van der Waals surface area (Å²) in [6.45, 7) is 5.05. The van der Waals surface area contributed by atoms with Gasteiger partial charge >= 0.3 is 0 Å². The summed E-state index contributed by atoms with van der Waals surface area (Å²) < 4.78 is 29.2. The number of nitrogens with zero attached hydrogens (tertiary/aromatic N) is 3. The van der Waals surface area contributed by atoms with Crippen LogP contribution in [0.15, 0.2) is 35.2 Å². The Morgan fingerprint density at radius 2 is 1.96 bits per heavy atom. The van der Waals surface area contributed by atoms with Gasteiger partial charge in [-0.25, -0.2) is 8.42 Å². The smallest absolute Gasteiger partial charge is 0.241 e. The standard InChI is InChI=1S/C17H20N4O3S/c1-11-7-12(2)21(18-11)14-9-20(10-14)17(22)15-8-13-5-3-4-6-16(13)25(23,24)19-15/h3-7,14-15,19H,8-10H2,1-2H3. The number of fused-ring (bicyclic) bond motifs is 1. The van der Waals surface area contributed by atoms with Crippen LogP contribution in [0.5, 0.6) is 0 Å². The van der Waals surface area contributed by atoms with Crippen LogP contribution in [0, 0.1) is 13.8 Å². The number of hydrogen-bond donors (Lipinski definition) is 1. The highest BCUT2D eigenvalue weighted by Crippen LogP contribution is 2.27. The molecule has 1 fully saturated rings. The van der Waals surface area contributed by atoms with E-state index in [0.29, 0.717) is 25.1 Å². The highest BCUT2D eigenvalue weighted by Gasteiger charge is 2.40. The van der Waals surface area contributed by atoms with Crippen molar-refractivity contribution in [3.63, 3.8) is 0 Å². The van der Waals surface area contributed by atoms with E-state index in [9.17, 15) is 13.2 Å². The summed E-state index contributed by atoms with van der Waals surface area (Å²) in [5, 5.41) is 4.46. The van der Waals surface area contributed by atoms with Crippen molar-refractivity contribution in [1.82, 2.24) is 19.4 Å². The van der Waals surface area contributed by atoms with Gasteiger partial charge in [0.15, 0.2) is 0 Å². The van der Waals surface area contributed by atoms with Crippen LogP contribution in [0.25, 0.3) is 0 Å². The van der Waals surface area contributed by atoms with Gasteiger partial charge in [0.25, 0.3) is 0 Å². The number of amides is 1. The van der Waals surface area contributed by atoms with Gasteiger partial charge in [-0.05, 0) is 38.0 Å². The van der Waals surface area contributed by atoms with Gasteiger partial charge in [-0.1, -0.05) is 18.2 Å². The van der Waals surface area contributed by atoms with E-state index < -0.39 is 16.1 Å². The Labute approximate surface area is 146 Å². The van der Waals surface area contributed by atoms with E-state index in [1.807, 2.05) is 24.6 Å². The van der Waals surface area contributed by atoms with Gasteiger partial charge in [-0.15, -0.1) is 0 Å². The van der Waals surface area contributed by atoms with Crippen molar-refractivity contribution in [2.45, 2.75) is 37.2 Å². The summed E-state index contributed by atoms with van der Waals surface area (Å²) in [5.74, 6) is -0.171. The lowest BCUT2D eigenvalue weighted by molar-refractivity contribution is -0.139. The second-order valence-electron chi connectivity index (χ2n) is 6.75. The molecule has 2 aromatic rings. The SMILES string of the molecule is Cc1cc(C)n(C2CN(C(=O)C3Cc4ccccc4S(=O)(=O)N3)C2)n1. The van der Waals surface area contributed by atoms with E-state index in [-0.39, 0.29) is 16.8 Å². The number of sulfonamides is 1. The number of likely N-dealkylation sites (tertiary alicyclic amines) is 1. The fourth-order valence-corrected chi connectivity index (χ4v) is 5.05. The first-order valence-electron chi connectivity index (χ1n) is 8.27. The first-order valence-corrected chi connectivity index (χ1v) is 9.75. The Hall–Kier alpha value is -2.19. The van der Waals surface area contributed by atoms with Gasteiger partial charge in [0.2, 0.25) is 15.9 Å². The molecule has 1 aromatic heterocycles. The van der Waals surface area contributed by atoms with Crippen LogP contribution >= 0.6 is 0 Å². The summed E-state index contributed by atoms with van der Waals surface area (Å²) in [7, 11) is -3.64. The third kappa shape index (κ3) is 2.75. The molecule has 7 nitrogen and oxygen atoms in total. The summed E-state index contributed by atoms with van der Waals surface area (Å²) in [4.78, 5) is 14.7. The maximum Gasteiger partial charge on any atom is 0.241 e. The van der Waals surface area contributed by atoms with Crippen molar-refractivity contribution < 1.29 is 13.2 Å². The molecule has 0 spiro atoms. The minimum Gasteiger partial charge on any atom is -0.337 e. The predicted molar refractivity (Wildman–Crippen MR) is 91.6 cm³/mol. The van der Waals surface area contributed by atoms with Crippen molar-refractivity contribution in [2.75, 3.05) is 13.1 Å². The molecule has 1 aromatic carbocycles. The van der Waals surface area contributed by atoms with Gasteiger partial charge in [-0.2, -0.15) is 9.82 Å². The molecule has 2 aliphatic rings. The van der Waals surface area contributed by atoms with E-state index in [1.165, 1.54) is 0 Å². The molecule has 8 heteroatoms. The maximum atomic E-state index is 12.7. The zero-order chi connectivity index (χ0) is 17.8. The lowest BCUT2D eigenvalue weighted by Gasteiger charge is -2.42. The number of nitrogens with one attached hydrogen (secondary N) is 1. The Balaban J connectivity index is 1.48.